The van der Waals surface area contributed by atoms with Crippen LogP contribution in [0.4, 0.5) is 10.1 Å². The highest BCUT2D eigenvalue weighted by Gasteiger charge is 2.15. The summed E-state index contributed by atoms with van der Waals surface area (Å²) in [6.07, 6.45) is 3.75. The second-order valence-electron chi connectivity index (χ2n) is 5.36. The molecule has 1 saturated heterocycles. The van der Waals surface area contributed by atoms with Gasteiger partial charge in [0.05, 0.1) is 4.47 Å². The second kappa shape index (κ2) is 7.18. The van der Waals surface area contributed by atoms with Crippen molar-refractivity contribution in [1.29, 1.82) is 0 Å². The SMILES string of the molecule is Cc1cc(F)c(Br)cc1NC(=O)CCC1CCNCC1. The van der Waals surface area contributed by atoms with Gasteiger partial charge in [-0.2, -0.15) is 0 Å². The van der Waals surface area contributed by atoms with Gasteiger partial charge in [-0.25, -0.2) is 4.39 Å². The zero-order valence-corrected chi connectivity index (χ0v) is 13.2. The monoisotopic (exact) mass is 342 g/mol. The molecule has 0 bridgehead atoms. The van der Waals surface area contributed by atoms with Crippen molar-refractivity contribution in [3.05, 3.63) is 28.0 Å². The highest BCUT2D eigenvalue weighted by atomic mass is 79.9. The van der Waals surface area contributed by atoms with E-state index in [1.165, 1.54) is 6.07 Å². The molecule has 0 aliphatic carbocycles. The molecule has 0 radical (unpaired) electrons. The first kappa shape index (κ1) is 15.4. The van der Waals surface area contributed by atoms with Gasteiger partial charge < -0.3 is 10.6 Å². The largest absolute Gasteiger partial charge is 0.326 e. The molecule has 1 heterocycles. The van der Waals surface area contributed by atoms with Gasteiger partial charge >= 0.3 is 0 Å². The van der Waals surface area contributed by atoms with Crippen molar-refractivity contribution in [2.24, 2.45) is 5.92 Å². The highest BCUT2D eigenvalue weighted by molar-refractivity contribution is 9.10. The van der Waals surface area contributed by atoms with Crippen LogP contribution in [0.15, 0.2) is 16.6 Å². The third-order valence-electron chi connectivity index (χ3n) is 3.78. The van der Waals surface area contributed by atoms with E-state index < -0.39 is 0 Å². The van der Waals surface area contributed by atoms with Gasteiger partial charge in [0.2, 0.25) is 5.91 Å². The molecule has 2 N–H and O–H groups in total. The number of benzene rings is 1. The summed E-state index contributed by atoms with van der Waals surface area (Å²) in [7, 11) is 0. The summed E-state index contributed by atoms with van der Waals surface area (Å²) in [5, 5.41) is 6.19. The van der Waals surface area contributed by atoms with Crippen molar-refractivity contribution in [2.45, 2.75) is 32.6 Å². The van der Waals surface area contributed by atoms with Gasteiger partial charge in [0.1, 0.15) is 5.82 Å². The molecule has 0 unspecified atom stereocenters. The lowest BCUT2D eigenvalue weighted by Gasteiger charge is -2.22. The van der Waals surface area contributed by atoms with Crippen molar-refractivity contribution >= 4 is 27.5 Å². The molecule has 0 aromatic heterocycles. The molecule has 3 nitrogen and oxygen atoms in total. The Morgan fingerprint density at radius 3 is 2.85 bits per heavy atom. The first-order valence-electron chi connectivity index (χ1n) is 7.02. The van der Waals surface area contributed by atoms with Crippen molar-refractivity contribution in [1.82, 2.24) is 5.32 Å². The maximum absolute atomic E-state index is 13.3. The summed E-state index contributed by atoms with van der Waals surface area (Å²) in [6.45, 7) is 3.89. The van der Waals surface area contributed by atoms with E-state index in [9.17, 15) is 9.18 Å². The summed E-state index contributed by atoms with van der Waals surface area (Å²) < 4.78 is 13.7. The third-order valence-corrected chi connectivity index (χ3v) is 4.39. The average molecular weight is 343 g/mol. The number of rotatable bonds is 4. The molecule has 1 aliphatic rings. The molecule has 1 fully saturated rings. The smallest absolute Gasteiger partial charge is 0.224 e. The van der Waals surface area contributed by atoms with Gasteiger partial charge in [-0.15, -0.1) is 0 Å². The predicted octanol–water partition coefficient (Wildman–Crippen LogP) is 3.61. The zero-order valence-electron chi connectivity index (χ0n) is 11.6. The van der Waals surface area contributed by atoms with Gasteiger partial charge in [-0.3, -0.25) is 4.79 Å². The minimum atomic E-state index is -0.310. The second-order valence-corrected chi connectivity index (χ2v) is 6.22. The van der Waals surface area contributed by atoms with Crippen LogP contribution in [-0.4, -0.2) is 19.0 Å². The van der Waals surface area contributed by atoms with E-state index in [0.717, 1.165) is 37.9 Å². The van der Waals surface area contributed by atoms with E-state index in [1.54, 1.807) is 13.0 Å². The first-order chi connectivity index (χ1) is 9.56. The van der Waals surface area contributed by atoms with E-state index in [2.05, 4.69) is 26.6 Å². The Morgan fingerprint density at radius 1 is 1.45 bits per heavy atom. The fraction of sp³-hybridized carbons (Fsp3) is 0.533. The van der Waals surface area contributed by atoms with Crippen molar-refractivity contribution in [3.8, 4) is 0 Å². The molecule has 2 rings (SSSR count). The standard InChI is InChI=1S/C15H20BrFN2O/c1-10-8-13(17)12(16)9-14(10)19-15(20)3-2-11-4-6-18-7-5-11/h8-9,11,18H,2-7H2,1H3,(H,19,20). The Labute approximate surface area is 127 Å². The van der Waals surface area contributed by atoms with E-state index in [-0.39, 0.29) is 11.7 Å². The van der Waals surface area contributed by atoms with Gasteiger partial charge in [-0.1, -0.05) is 0 Å². The van der Waals surface area contributed by atoms with Crippen LogP contribution >= 0.6 is 15.9 Å². The van der Waals surface area contributed by atoms with Gasteiger partial charge in [0.25, 0.3) is 0 Å². The summed E-state index contributed by atoms with van der Waals surface area (Å²) in [5.41, 5.74) is 1.41. The maximum Gasteiger partial charge on any atom is 0.224 e. The Kier molecular flexibility index (Phi) is 5.54. The van der Waals surface area contributed by atoms with Gasteiger partial charge in [0.15, 0.2) is 0 Å². The van der Waals surface area contributed by atoms with Crippen molar-refractivity contribution in [2.75, 3.05) is 18.4 Å². The lowest BCUT2D eigenvalue weighted by Crippen LogP contribution is -2.28. The summed E-state index contributed by atoms with van der Waals surface area (Å²) in [4.78, 5) is 12.0. The Hall–Kier alpha value is -0.940. The molecule has 0 saturated carbocycles. The number of carbonyl (C=O) groups is 1. The number of carbonyl (C=O) groups excluding carboxylic acids is 1. The summed E-state index contributed by atoms with van der Waals surface area (Å²) in [5.74, 6) is 0.336. The number of nitrogens with one attached hydrogen (secondary N) is 2. The molecule has 1 aliphatic heterocycles. The number of hydrogen-bond donors (Lipinski definition) is 2. The van der Waals surface area contributed by atoms with E-state index in [1.807, 2.05) is 0 Å². The lowest BCUT2D eigenvalue weighted by atomic mass is 9.93. The minimum absolute atomic E-state index is 0.00476. The molecule has 1 aromatic carbocycles. The number of amides is 1. The Morgan fingerprint density at radius 2 is 2.15 bits per heavy atom. The fourth-order valence-electron chi connectivity index (χ4n) is 2.50. The van der Waals surface area contributed by atoms with Crippen LogP contribution in [0.2, 0.25) is 0 Å². The van der Waals surface area contributed by atoms with Gasteiger partial charge in [-0.05, 0) is 78.8 Å². The molecule has 1 amide bonds. The number of piperidine rings is 1. The van der Waals surface area contributed by atoms with Crippen LogP contribution in [-0.2, 0) is 4.79 Å². The van der Waals surface area contributed by atoms with E-state index in [4.69, 9.17) is 0 Å². The van der Waals surface area contributed by atoms with E-state index >= 15 is 0 Å². The molecular weight excluding hydrogens is 323 g/mol. The van der Waals surface area contributed by atoms with E-state index in [0.29, 0.717) is 22.5 Å². The molecule has 0 spiro atoms. The first-order valence-corrected chi connectivity index (χ1v) is 7.82. The van der Waals surface area contributed by atoms with Crippen LogP contribution in [0, 0.1) is 18.7 Å². The molecular formula is C15H20BrFN2O. The lowest BCUT2D eigenvalue weighted by molar-refractivity contribution is -0.116. The fourth-order valence-corrected chi connectivity index (χ4v) is 2.84. The number of aryl methyl sites for hydroxylation is 1. The summed E-state index contributed by atoms with van der Waals surface area (Å²) in [6, 6.07) is 3.04. The Bertz CT molecular complexity index is 487. The van der Waals surface area contributed by atoms with Crippen LogP contribution in [0.3, 0.4) is 0 Å². The third kappa shape index (κ3) is 4.28. The number of anilines is 1. The topological polar surface area (TPSA) is 41.1 Å². The van der Waals surface area contributed by atoms with Crippen LogP contribution < -0.4 is 10.6 Å². The predicted molar refractivity (Wildman–Crippen MR) is 82.3 cm³/mol. The number of hydrogen-bond acceptors (Lipinski definition) is 2. The van der Waals surface area contributed by atoms with Crippen LogP contribution in [0.5, 0.6) is 0 Å². The minimum Gasteiger partial charge on any atom is -0.326 e. The summed E-state index contributed by atoms with van der Waals surface area (Å²) >= 11 is 3.14. The molecule has 5 heteroatoms. The van der Waals surface area contributed by atoms with Crippen LogP contribution in [0.25, 0.3) is 0 Å². The molecule has 110 valence electrons. The molecule has 20 heavy (non-hydrogen) atoms. The molecule has 0 atom stereocenters. The number of halogens is 2. The van der Waals surface area contributed by atoms with Crippen molar-refractivity contribution in [3.63, 3.8) is 0 Å². The highest BCUT2D eigenvalue weighted by Crippen LogP contribution is 2.25. The van der Waals surface area contributed by atoms with Gasteiger partial charge in [0, 0.05) is 12.1 Å². The average Bonchev–Trinajstić information content (AvgIpc) is 2.44. The zero-order chi connectivity index (χ0) is 14.5. The quantitative estimate of drug-likeness (QED) is 0.877. The van der Waals surface area contributed by atoms with Crippen molar-refractivity contribution < 1.29 is 9.18 Å². The normalized spacial score (nSPS) is 16.1. The maximum atomic E-state index is 13.3. The van der Waals surface area contributed by atoms with Crippen LogP contribution in [0.1, 0.15) is 31.2 Å². The Balaban J connectivity index is 1.86. The molecule has 1 aromatic rings.